The van der Waals surface area contributed by atoms with Crippen LogP contribution in [0.15, 0.2) is 28.8 Å². The van der Waals surface area contributed by atoms with Gasteiger partial charge in [0.2, 0.25) is 11.7 Å². The van der Waals surface area contributed by atoms with Crippen molar-refractivity contribution in [2.45, 2.75) is 37.8 Å². The van der Waals surface area contributed by atoms with E-state index in [0.717, 1.165) is 25.7 Å². The lowest BCUT2D eigenvalue weighted by molar-refractivity contribution is -0.0926. The molecular formula is C18H21FN4O3. The first-order valence-electron chi connectivity index (χ1n) is 8.89. The van der Waals surface area contributed by atoms with E-state index in [-0.39, 0.29) is 24.0 Å². The van der Waals surface area contributed by atoms with Crippen molar-refractivity contribution in [3.05, 3.63) is 36.0 Å². The first-order chi connectivity index (χ1) is 12.6. The number of nitrogens with zero attached hydrogens (tertiary/aromatic N) is 3. The smallest absolute Gasteiger partial charge is 0.318 e. The monoisotopic (exact) mass is 360 g/mol. The van der Waals surface area contributed by atoms with E-state index in [1.54, 1.807) is 17.0 Å². The van der Waals surface area contributed by atoms with E-state index >= 15 is 0 Å². The number of amides is 2. The molecule has 1 aliphatic carbocycles. The number of aromatic nitrogens is 2. The van der Waals surface area contributed by atoms with Gasteiger partial charge in [0.05, 0.1) is 25.3 Å². The Morgan fingerprint density at radius 1 is 1.27 bits per heavy atom. The van der Waals surface area contributed by atoms with Gasteiger partial charge in [-0.1, -0.05) is 18.0 Å². The molecular weight excluding hydrogens is 339 g/mol. The molecule has 26 heavy (non-hydrogen) atoms. The number of urea groups is 1. The Morgan fingerprint density at radius 2 is 2.04 bits per heavy atom. The standard InChI is InChI=1S/C18H21FN4O3/c19-14-5-3-13(4-6-14)16-21-15(26-22-16)11-20-17(24)23-9-10-25-18(12-23)7-1-2-8-18/h3-6H,1-2,7-12H2,(H,20,24). The SMILES string of the molecule is O=C(NCc1nc(-c2ccc(F)cc2)no1)N1CCOC2(CCCC2)C1. The van der Waals surface area contributed by atoms with Crippen molar-refractivity contribution >= 4 is 6.03 Å². The van der Waals surface area contributed by atoms with Crippen molar-refractivity contribution in [1.29, 1.82) is 0 Å². The summed E-state index contributed by atoms with van der Waals surface area (Å²) in [5.41, 5.74) is 0.500. The molecule has 138 valence electrons. The Hall–Kier alpha value is -2.48. The highest BCUT2D eigenvalue weighted by molar-refractivity contribution is 5.74. The fourth-order valence-corrected chi connectivity index (χ4v) is 3.65. The lowest BCUT2D eigenvalue weighted by atomic mass is 10.00. The van der Waals surface area contributed by atoms with Crippen LogP contribution in [0.3, 0.4) is 0 Å². The summed E-state index contributed by atoms with van der Waals surface area (Å²) in [7, 11) is 0. The summed E-state index contributed by atoms with van der Waals surface area (Å²) in [6.07, 6.45) is 4.34. The number of carbonyl (C=O) groups is 1. The summed E-state index contributed by atoms with van der Waals surface area (Å²) in [5, 5.41) is 6.70. The Bertz CT molecular complexity index is 771. The first-order valence-corrected chi connectivity index (χ1v) is 8.89. The minimum Gasteiger partial charge on any atom is -0.371 e. The summed E-state index contributed by atoms with van der Waals surface area (Å²) in [4.78, 5) is 18.5. The summed E-state index contributed by atoms with van der Waals surface area (Å²) in [5.74, 6) is 0.349. The Labute approximate surface area is 150 Å². The van der Waals surface area contributed by atoms with Crippen molar-refractivity contribution in [2.75, 3.05) is 19.7 Å². The second kappa shape index (κ2) is 7.03. The molecule has 0 atom stereocenters. The molecule has 4 rings (SSSR count). The van der Waals surface area contributed by atoms with Crippen LogP contribution in [-0.4, -0.2) is 46.4 Å². The quantitative estimate of drug-likeness (QED) is 0.910. The third kappa shape index (κ3) is 3.55. The summed E-state index contributed by atoms with van der Waals surface area (Å²) >= 11 is 0. The number of morpholine rings is 1. The molecule has 2 heterocycles. The zero-order valence-corrected chi connectivity index (χ0v) is 14.4. The van der Waals surface area contributed by atoms with Gasteiger partial charge in [0.25, 0.3) is 0 Å². The third-order valence-electron chi connectivity index (χ3n) is 5.01. The van der Waals surface area contributed by atoms with Gasteiger partial charge in [-0.05, 0) is 37.1 Å². The predicted octanol–water partition coefficient (Wildman–Crippen LogP) is 2.73. The van der Waals surface area contributed by atoms with Gasteiger partial charge in [0.15, 0.2) is 0 Å². The fourth-order valence-electron chi connectivity index (χ4n) is 3.65. The third-order valence-corrected chi connectivity index (χ3v) is 5.01. The van der Waals surface area contributed by atoms with Crippen LogP contribution >= 0.6 is 0 Å². The lowest BCUT2D eigenvalue weighted by Crippen LogP contribution is -2.54. The Balaban J connectivity index is 1.34. The Morgan fingerprint density at radius 3 is 2.81 bits per heavy atom. The van der Waals surface area contributed by atoms with Crippen LogP contribution in [-0.2, 0) is 11.3 Å². The first kappa shape index (κ1) is 17.0. The number of rotatable bonds is 3. The molecule has 1 N–H and O–H groups in total. The Kier molecular flexibility index (Phi) is 4.58. The fraction of sp³-hybridized carbons (Fsp3) is 0.500. The molecule has 1 saturated carbocycles. The molecule has 1 aromatic heterocycles. The van der Waals surface area contributed by atoms with Gasteiger partial charge >= 0.3 is 6.03 Å². The number of hydrogen-bond donors (Lipinski definition) is 1. The average molecular weight is 360 g/mol. The van der Waals surface area contributed by atoms with Crippen LogP contribution in [0.2, 0.25) is 0 Å². The molecule has 0 radical (unpaired) electrons. The summed E-state index contributed by atoms with van der Waals surface area (Å²) in [6.45, 7) is 1.93. The van der Waals surface area contributed by atoms with E-state index < -0.39 is 0 Å². The maximum atomic E-state index is 13.0. The van der Waals surface area contributed by atoms with Crippen molar-refractivity contribution in [2.24, 2.45) is 0 Å². The molecule has 0 unspecified atom stereocenters. The summed E-state index contributed by atoms with van der Waals surface area (Å²) in [6, 6.07) is 5.69. The normalized spacial score (nSPS) is 19.0. The molecule has 7 nitrogen and oxygen atoms in total. The van der Waals surface area contributed by atoms with Crippen molar-refractivity contribution in [1.82, 2.24) is 20.4 Å². The molecule has 2 aromatic rings. The van der Waals surface area contributed by atoms with Crippen LogP contribution in [0, 0.1) is 5.82 Å². The van der Waals surface area contributed by atoms with E-state index in [4.69, 9.17) is 9.26 Å². The maximum absolute atomic E-state index is 13.0. The van der Waals surface area contributed by atoms with Gasteiger partial charge in [-0.3, -0.25) is 0 Å². The second-order valence-corrected chi connectivity index (χ2v) is 6.84. The molecule has 2 fully saturated rings. The molecule has 1 aromatic carbocycles. The highest BCUT2D eigenvalue weighted by Gasteiger charge is 2.40. The zero-order valence-electron chi connectivity index (χ0n) is 14.4. The van der Waals surface area contributed by atoms with Gasteiger partial charge in [-0.25, -0.2) is 9.18 Å². The van der Waals surface area contributed by atoms with Crippen molar-refractivity contribution < 1.29 is 18.4 Å². The van der Waals surface area contributed by atoms with E-state index in [9.17, 15) is 9.18 Å². The molecule has 1 aliphatic heterocycles. The highest BCUT2D eigenvalue weighted by Crippen LogP contribution is 2.35. The van der Waals surface area contributed by atoms with Gasteiger partial charge in [0, 0.05) is 12.1 Å². The van der Waals surface area contributed by atoms with E-state index in [0.29, 0.717) is 37.0 Å². The van der Waals surface area contributed by atoms with E-state index in [2.05, 4.69) is 15.5 Å². The highest BCUT2D eigenvalue weighted by atomic mass is 19.1. The van der Waals surface area contributed by atoms with Crippen molar-refractivity contribution in [3.8, 4) is 11.4 Å². The summed E-state index contributed by atoms with van der Waals surface area (Å²) < 4.78 is 24.1. The average Bonchev–Trinajstić information content (AvgIpc) is 3.30. The lowest BCUT2D eigenvalue weighted by Gasteiger charge is -2.40. The van der Waals surface area contributed by atoms with Gasteiger partial charge in [0.1, 0.15) is 5.82 Å². The minimum atomic E-state index is -0.324. The van der Waals surface area contributed by atoms with Crippen molar-refractivity contribution in [3.63, 3.8) is 0 Å². The molecule has 1 saturated heterocycles. The number of nitrogens with one attached hydrogen (secondary N) is 1. The van der Waals surface area contributed by atoms with Crippen LogP contribution < -0.4 is 5.32 Å². The molecule has 2 aliphatic rings. The van der Waals surface area contributed by atoms with E-state index in [1.165, 1.54) is 12.1 Å². The molecule has 8 heteroatoms. The number of halogens is 1. The molecule has 2 amide bonds. The molecule has 0 bridgehead atoms. The predicted molar refractivity (Wildman–Crippen MR) is 90.7 cm³/mol. The number of hydrogen-bond acceptors (Lipinski definition) is 5. The topological polar surface area (TPSA) is 80.5 Å². The van der Waals surface area contributed by atoms with Gasteiger partial charge in [-0.2, -0.15) is 4.98 Å². The zero-order chi connectivity index (χ0) is 18.0. The van der Waals surface area contributed by atoms with Crippen LogP contribution in [0.4, 0.5) is 9.18 Å². The van der Waals surface area contributed by atoms with Gasteiger partial charge < -0.3 is 19.5 Å². The number of carbonyl (C=O) groups excluding carboxylic acids is 1. The number of ether oxygens (including phenoxy) is 1. The number of benzene rings is 1. The van der Waals surface area contributed by atoms with Crippen LogP contribution in [0.5, 0.6) is 0 Å². The van der Waals surface area contributed by atoms with Gasteiger partial charge in [-0.15, -0.1) is 0 Å². The second-order valence-electron chi connectivity index (χ2n) is 6.84. The molecule has 1 spiro atoms. The van der Waals surface area contributed by atoms with Crippen LogP contribution in [0.25, 0.3) is 11.4 Å². The van der Waals surface area contributed by atoms with E-state index in [1.807, 2.05) is 0 Å². The van der Waals surface area contributed by atoms with Crippen LogP contribution in [0.1, 0.15) is 31.6 Å². The minimum absolute atomic E-state index is 0.150. The maximum Gasteiger partial charge on any atom is 0.318 e. The largest absolute Gasteiger partial charge is 0.371 e.